The van der Waals surface area contributed by atoms with E-state index >= 15 is 0 Å². The maximum atomic E-state index is 12.8. The fourth-order valence-electron chi connectivity index (χ4n) is 1.80. The maximum absolute atomic E-state index is 12.8. The number of benzene rings is 1. The lowest BCUT2D eigenvalue weighted by molar-refractivity contribution is -0.142. The highest BCUT2D eigenvalue weighted by molar-refractivity contribution is 5.82. The number of rotatable bonds is 7. The van der Waals surface area contributed by atoms with E-state index in [1.54, 1.807) is 19.1 Å². The van der Waals surface area contributed by atoms with E-state index in [0.29, 0.717) is 12.1 Å². The second-order valence-corrected chi connectivity index (χ2v) is 4.73. The second-order valence-electron chi connectivity index (χ2n) is 4.73. The zero-order valence-corrected chi connectivity index (χ0v) is 10.9. The van der Waals surface area contributed by atoms with E-state index in [-0.39, 0.29) is 5.82 Å². The Labute approximate surface area is 107 Å². The van der Waals surface area contributed by atoms with Gasteiger partial charge < -0.3 is 10.4 Å². The van der Waals surface area contributed by atoms with Crippen LogP contribution in [-0.4, -0.2) is 16.6 Å². The topological polar surface area (TPSA) is 49.3 Å². The van der Waals surface area contributed by atoms with Crippen molar-refractivity contribution in [2.45, 2.75) is 45.1 Å². The molecule has 0 aliphatic rings. The van der Waals surface area contributed by atoms with Gasteiger partial charge in [-0.15, -0.1) is 0 Å². The number of unbranched alkanes of at least 4 members (excludes halogenated alkanes) is 2. The van der Waals surface area contributed by atoms with E-state index in [2.05, 4.69) is 12.2 Å². The Morgan fingerprint density at radius 3 is 2.44 bits per heavy atom. The molecule has 0 aromatic heterocycles. The number of carbonyl (C=O) groups is 1. The first-order valence-electron chi connectivity index (χ1n) is 6.25. The molecule has 1 aromatic rings. The van der Waals surface area contributed by atoms with Gasteiger partial charge in [-0.3, -0.25) is 0 Å². The Hall–Kier alpha value is -1.58. The van der Waals surface area contributed by atoms with Crippen LogP contribution in [0.5, 0.6) is 0 Å². The van der Waals surface area contributed by atoms with E-state index in [0.717, 1.165) is 19.3 Å². The summed E-state index contributed by atoms with van der Waals surface area (Å²) in [5.41, 5.74) is -0.384. The van der Waals surface area contributed by atoms with Crippen LogP contribution in [0.2, 0.25) is 0 Å². The van der Waals surface area contributed by atoms with Gasteiger partial charge in [-0.05, 0) is 37.6 Å². The summed E-state index contributed by atoms with van der Waals surface area (Å²) in [5.74, 6) is -1.22. The number of anilines is 1. The van der Waals surface area contributed by atoms with E-state index in [1.807, 2.05) is 0 Å². The Balaban J connectivity index is 2.72. The summed E-state index contributed by atoms with van der Waals surface area (Å²) < 4.78 is 12.8. The highest BCUT2D eigenvalue weighted by Gasteiger charge is 2.32. The Morgan fingerprint density at radius 1 is 1.33 bits per heavy atom. The fraction of sp³-hybridized carbons (Fsp3) is 0.500. The van der Waals surface area contributed by atoms with Gasteiger partial charge in [0.05, 0.1) is 0 Å². The van der Waals surface area contributed by atoms with Crippen molar-refractivity contribution in [3.05, 3.63) is 30.1 Å². The standard InChI is InChI=1S/C14H20FNO2/c1-3-4-5-10-14(2,13(17)18)16-12-8-6-11(15)7-9-12/h6-9,16H,3-5,10H2,1-2H3,(H,17,18). The third-order valence-electron chi connectivity index (χ3n) is 3.02. The molecule has 4 heteroatoms. The summed E-state index contributed by atoms with van der Waals surface area (Å²) in [4.78, 5) is 11.4. The maximum Gasteiger partial charge on any atom is 0.329 e. The number of carboxylic acids is 1. The molecule has 1 atom stereocenters. The van der Waals surface area contributed by atoms with Crippen molar-refractivity contribution in [3.63, 3.8) is 0 Å². The summed E-state index contributed by atoms with van der Waals surface area (Å²) >= 11 is 0. The molecule has 0 fully saturated rings. The van der Waals surface area contributed by atoms with Crippen LogP contribution in [0.4, 0.5) is 10.1 Å². The molecule has 0 heterocycles. The van der Waals surface area contributed by atoms with Crippen LogP contribution in [0.1, 0.15) is 39.5 Å². The van der Waals surface area contributed by atoms with Gasteiger partial charge in [0, 0.05) is 5.69 Å². The van der Waals surface area contributed by atoms with Crippen molar-refractivity contribution in [3.8, 4) is 0 Å². The zero-order valence-electron chi connectivity index (χ0n) is 10.9. The van der Waals surface area contributed by atoms with Gasteiger partial charge in [0.1, 0.15) is 11.4 Å². The highest BCUT2D eigenvalue weighted by atomic mass is 19.1. The number of carboxylic acid groups (broad SMARTS) is 1. The predicted molar refractivity (Wildman–Crippen MR) is 70.2 cm³/mol. The van der Waals surface area contributed by atoms with Gasteiger partial charge >= 0.3 is 5.97 Å². The number of hydrogen-bond donors (Lipinski definition) is 2. The van der Waals surface area contributed by atoms with Crippen molar-refractivity contribution in [1.29, 1.82) is 0 Å². The van der Waals surface area contributed by atoms with Crippen molar-refractivity contribution in [2.75, 3.05) is 5.32 Å². The molecule has 1 unspecified atom stereocenters. The lowest BCUT2D eigenvalue weighted by Gasteiger charge is -2.27. The number of halogens is 1. The number of hydrogen-bond acceptors (Lipinski definition) is 2. The quantitative estimate of drug-likeness (QED) is 0.729. The number of aliphatic carboxylic acids is 1. The molecule has 2 N–H and O–H groups in total. The van der Waals surface area contributed by atoms with Crippen LogP contribution in [0.15, 0.2) is 24.3 Å². The Bertz CT molecular complexity index is 391. The van der Waals surface area contributed by atoms with Crippen molar-refractivity contribution in [1.82, 2.24) is 0 Å². The second kappa shape index (κ2) is 6.38. The summed E-state index contributed by atoms with van der Waals surface area (Å²) in [5, 5.41) is 12.3. The van der Waals surface area contributed by atoms with Crippen molar-refractivity contribution >= 4 is 11.7 Å². The van der Waals surface area contributed by atoms with Gasteiger partial charge in [-0.2, -0.15) is 0 Å². The summed E-state index contributed by atoms with van der Waals surface area (Å²) in [6.45, 7) is 3.74. The molecule has 0 saturated heterocycles. The summed E-state index contributed by atoms with van der Waals surface area (Å²) in [6.07, 6.45) is 3.46. The fourth-order valence-corrected chi connectivity index (χ4v) is 1.80. The Kier molecular flexibility index (Phi) is 5.13. The first-order chi connectivity index (χ1) is 8.48. The van der Waals surface area contributed by atoms with E-state index in [4.69, 9.17) is 0 Å². The lowest BCUT2D eigenvalue weighted by atomic mass is 9.94. The molecule has 18 heavy (non-hydrogen) atoms. The third kappa shape index (κ3) is 4.02. The van der Waals surface area contributed by atoms with E-state index < -0.39 is 11.5 Å². The largest absolute Gasteiger partial charge is 0.480 e. The Morgan fingerprint density at radius 2 is 1.94 bits per heavy atom. The molecule has 0 amide bonds. The molecule has 100 valence electrons. The summed E-state index contributed by atoms with van der Waals surface area (Å²) in [7, 11) is 0. The highest BCUT2D eigenvalue weighted by Crippen LogP contribution is 2.22. The minimum absolute atomic E-state index is 0.330. The third-order valence-corrected chi connectivity index (χ3v) is 3.02. The van der Waals surface area contributed by atoms with Gasteiger partial charge in [0.25, 0.3) is 0 Å². The van der Waals surface area contributed by atoms with Crippen LogP contribution in [-0.2, 0) is 4.79 Å². The molecule has 1 rings (SSSR count). The van der Waals surface area contributed by atoms with Crippen molar-refractivity contribution in [2.24, 2.45) is 0 Å². The van der Waals surface area contributed by atoms with Gasteiger partial charge in [-0.1, -0.05) is 26.2 Å². The van der Waals surface area contributed by atoms with Gasteiger partial charge in [-0.25, -0.2) is 9.18 Å². The monoisotopic (exact) mass is 253 g/mol. The smallest absolute Gasteiger partial charge is 0.329 e. The molecule has 0 saturated carbocycles. The molecule has 1 aromatic carbocycles. The average molecular weight is 253 g/mol. The summed E-state index contributed by atoms with van der Waals surface area (Å²) in [6, 6.07) is 5.74. The number of nitrogens with one attached hydrogen (secondary N) is 1. The molecule has 0 aliphatic carbocycles. The van der Waals surface area contributed by atoms with Crippen LogP contribution >= 0.6 is 0 Å². The molecule has 0 aliphatic heterocycles. The first kappa shape index (κ1) is 14.5. The predicted octanol–water partition coefficient (Wildman–Crippen LogP) is 3.66. The van der Waals surface area contributed by atoms with Crippen LogP contribution < -0.4 is 5.32 Å². The zero-order chi connectivity index (χ0) is 13.6. The van der Waals surface area contributed by atoms with Gasteiger partial charge in [0.2, 0.25) is 0 Å². The molecular formula is C14H20FNO2. The normalized spacial score (nSPS) is 13.9. The van der Waals surface area contributed by atoms with Crippen LogP contribution in [0, 0.1) is 5.82 Å². The van der Waals surface area contributed by atoms with Crippen LogP contribution in [0.25, 0.3) is 0 Å². The van der Waals surface area contributed by atoms with Gasteiger partial charge in [0.15, 0.2) is 0 Å². The first-order valence-corrected chi connectivity index (χ1v) is 6.25. The molecular weight excluding hydrogens is 233 g/mol. The molecule has 3 nitrogen and oxygen atoms in total. The van der Waals surface area contributed by atoms with E-state index in [1.165, 1.54) is 12.1 Å². The molecule has 0 spiro atoms. The molecule has 0 bridgehead atoms. The van der Waals surface area contributed by atoms with Crippen LogP contribution in [0.3, 0.4) is 0 Å². The minimum Gasteiger partial charge on any atom is -0.480 e. The van der Waals surface area contributed by atoms with E-state index in [9.17, 15) is 14.3 Å². The lowest BCUT2D eigenvalue weighted by Crippen LogP contribution is -2.43. The average Bonchev–Trinajstić information content (AvgIpc) is 2.32. The van der Waals surface area contributed by atoms with Crippen molar-refractivity contribution < 1.29 is 14.3 Å². The molecule has 0 radical (unpaired) electrons. The minimum atomic E-state index is -1.01. The SMILES string of the molecule is CCCCCC(C)(Nc1ccc(F)cc1)C(=O)O.